The topological polar surface area (TPSA) is 24.9 Å². The molecule has 2 heterocycles. The van der Waals surface area contributed by atoms with Crippen molar-refractivity contribution in [2.24, 2.45) is 0 Å². The van der Waals surface area contributed by atoms with Gasteiger partial charge < -0.3 is 5.32 Å². The average molecular weight is 274 g/mol. The van der Waals surface area contributed by atoms with E-state index in [9.17, 15) is 0 Å². The quantitative estimate of drug-likeness (QED) is 0.860. The predicted octanol–water partition coefficient (Wildman–Crippen LogP) is 4.04. The zero-order chi connectivity index (χ0) is 13.7. The van der Waals surface area contributed by atoms with E-state index in [0.717, 1.165) is 30.8 Å². The first kappa shape index (κ1) is 14.2. The zero-order valence-corrected chi connectivity index (χ0v) is 12.8. The number of nitrogens with zero attached hydrogens (tertiary/aromatic N) is 1. The number of rotatable bonds is 6. The molecule has 2 aromatic rings. The van der Waals surface area contributed by atoms with Gasteiger partial charge in [-0.15, -0.1) is 11.3 Å². The molecule has 0 aliphatic rings. The van der Waals surface area contributed by atoms with Gasteiger partial charge in [0.2, 0.25) is 0 Å². The molecule has 0 saturated carbocycles. The van der Waals surface area contributed by atoms with Gasteiger partial charge in [-0.25, -0.2) is 0 Å². The summed E-state index contributed by atoms with van der Waals surface area (Å²) in [6, 6.07) is 9.03. The van der Waals surface area contributed by atoms with Crippen LogP contribution in [0.2, 0.25) is 0 Å². The molecule has 0 aliphatic heterocycles. The van der Waals surface area contributed by atoms with Crippen molar-refractivity contribution in [1.29, 1.82) is 0 Å². The van der Waals surface area contributed by atoms with E-state index in [1.807, 2.05) is 18.3 Å². The number of aromatic nitrogens is 1. The van der Waals surface area contributed by atoms with Crippen molar-refractivity contribution < 1.29 is 0 Å². The van der Waals surface area contributed by atoms with Gasteiger partial charge in [-0.3, -0.25) is 4.98 Å². The van der Waals surface area contributed by atoms with Crippen LogP contribution in [0.25, 0.3) is 0 Å². The highest BCUT2D eigenvalue weighted by Gasteiger charge is 2.15. The lowest BCUT2D eigenvalue weighted by Gasteiger charge is -2.20. The number of nitrogens with one attached hydrogen (secondary N) is 1. The summed E-state index contributed by atoms with van der Waals surface area (Å²) in [6.45, 7) is 7.40. The molecule has 102 valence electrons. The maximum Gasteiger partial charge on any atom is 0.0423 e. The number of pyridine rings is 1. The van der Waals surface area contributed by atoms with Gasteiger partial charge in [0.25, 0.3) is 0 Å². The Morgan fingerprint density at radius 3 is 2.74 bits per heavy atom. The van der Waals surface area contributed by atoms with Gasteiger partial charge in [0.05, 0.1) is 0 Å². The Labute approximate surface area is 119 Å². The third-order valence-corrected chi connectivity index (χ3v) is 4.17. The molecule has 2 nitrogen and oxygen atoms in total. The molecule has 0 aromatic carbocycles. The van der Waals surface area contributed by atoms with E-state index in [1.54, 1.807) is 0 Å². The van der Waals surface area contributed by atoms with Gasteiger partial charge in [-0.05, 0) is 49.9 Å². The molecule has 1 unspecified atom stereocenters. The van der Waals surface area contributed by atoms with Crippen LogP contribution in [-0.4, -0.2) is 11.5 Å². The second kappa shape index (κ2) is 6.83. The molecule has 1 atom stereocenters. The van der Waals surface area contributed by atoms with Crippen molar-refractivity contribution in [2.75, 3.05) is 6.54 Å². The SMILES string of the molecule is CCCNC(Cc1cccs1)c1ccc(C)nc1C. The van der Waals surface area contributed by atoms with Crippen LogP contribution in [0.5, 0.6) is 0 Å². The van der Waals surface area contributed by atoms with Crippen molar-refractivity contribution in [2.45, 2.75) is 39.7 Å². The molecule has 0 bridgehead atoms. The van der Waals surface area contributed by atoms with Gasteiger partial charge in [0.15, 0.2) is 0 Å². The summed E-state index contributed by atoms with van der Waals surface area (Å²) in [7, 11) is 0. The Balaban J connectivity index is 2.20. The van der Waals surface area contributed by atoms with Crippen molar-refractivity contribution in [1.82, 2.24) is 10.3 Å². The Hall–Kier alpha value is -1.19. The van der Waals surface area contributed by atoms with Crippen LogP contribution >= 0.6 is 11.3 Å². The molecule has 0 radical (unpaired) electrons. The molecule has 19 heavy (non-hydrogen) atoms. The van der Waals surface area contributed by atoms with E-state index < -0.39 is 0 Å². The lowest BCUT2D eigenvalue weighted by atomic mass is 10.0. The van der Waals surface area contributed by atoms with Crippen LogP contribution in [0.15, 0.2) is 29.6 Å². The van der Waals surface area contributed by atoms with Crippen LogP contribution in [0, 0.1) is 13.8 Å². The minimum absolute atomic E-state index is 0.367. The minimum Gasteiger partial charge on any atom is -0.310 e. The van der Waals surface area contributed by atoms with Gasteiger partial charge >= 0.3 is 0 Å². The Kier molecular flexibility index (Phi) is 5.11. The molecular formula is C16H22N2S. The Bertz CT molecular complexity index is 505. The van der Waals surface area contributed by atoms with E-state index in [4.69, 9.17) is 0 Å². The molecule has 2 aromatic heterocycles. The van der Waals surface area contributed by atoms with E-state index in [-0.39, 0.29) is 0 Å². The fourth-order valence-corrected chi connectivity index (χ4v) is 3.06. The maximum absolute atomic E-state index is 4.60. The standard InChI is InChI=1S/C16H22N2S/c1-4-9-17-16(11-14-6-5-10-19-14)15-8-7-12(2)18-13(15)3/h5-8,10,16-17H,4,9,11H2,1-3H3. The minimum atomic E-state index is 0.367. The summed E-state index contributed by atoms with van der Waals surface area (Å²) in [6.07, 6.45) is 2.20. The molecular weight excluding hydrogens is 252 g/mol. The van der Waals surface area contributed by atoms with E-state index in [2.05, 4.69) is 53.8 Å². The molecule has 3 heteroatoms. The van der Waals surface area contributed by atoms with Crippen molar-refractivity contribution in [3.8, 4) is 0 Å². The smallest absolute Gasteiger partial charge is 0.0423 e. The highest BCUT2D eigenvalue weighted by molar-refractivity contribution is 7.09. The summed E-state index contributed by atoms with van der Waals surface area (Å²) in [4.78, 5) is 6.02. The number of hydrogen-bond acceptors (Lipinski definition) is 3. The zero-order valence-electron chi connectivity index (χ0n) is 11.9. The molecule has 1 N–H and O–H groups in total. The third kappa shape index (κ3) is 3.88. The highest BCUT2D eigenvalue weighted by atomic mass is 32.1. The Morgan fingerprint density at radius 1 is 1.26 bits per heavy atom. The van der Waals surface area contributed by atoms with Crippen LogP contribution in [0.4, 0.5) is 0 Å². The molecule has 0 spiro atoms. The fraction of sp³-hybridized carbons (Fsp3) is 0.438. The van der Waals surface area contributed by atoms with Gasteiger partial charge in [-0.2, -0.15) is 0 Å². The van der Waals surface area contributed by atoms with Crippen molar-refractivity contribution >= 4 is 11.3 Å². The van der Waals surface area contributed by atoms with Crippen molar-refractivity contribution in [3.63, 3.8) is 0 Å². The van der Waals surface area contributed by atoms with Crippen LogP contribution in [0.3, 0.4) is 0 Å². The molecule has 0 saturated heterocycles. The molecule has 2 rings (SSSR count). The maximum atomic E-state index is 4.60. The first-order valence-electron chi connectivity index (χ1n) is 6.90. The van der Waals surface area contributed by atoms with Gasteiger partial charge in [0.1, 0.15) is 0 Å². The predicted molar refractivity (Wildman–Crippen MR) is 82.8 cm³/mol. The second-order valence-electron chi connectivity index (χ2n) is 4.92. The second-order valence-corrected chi connectivity index (χ2v) is 5.95. The first-order chi connectivity index (χ1) is 9.20. The van der Waals surface area contributed by atoms with Gasteiger partial charge in [-0.1, -0.05) is 19.1 Å². The normalized spacial score (nSPS) is 12.6. The van der Waals surface area contributed by atoms with Crippen LogP contribution < -0.4 is 5.32 Å². The summed E-state index contributed by atoms with van der Waals surface area (Å²) in [5, 5.41) is 5.80. The molecule has 0 aliphatic carbocycles. The number of aryl methyl sites for hydroxylation is 2. The summed E-state index contributed by atoms with van der Waals surface area (Å²) < 4.78 is 0. The van der Waals surface area contributed by atoms with Gasteiger partial charge in [0, 0.05) is 28.7 Å². The Morgan fingerprint density at radius 2 is 2.11 bits per heavy atom. The number of thiophene rings is 1. The van der Waals surface area contributed by atoms with E-state index in [1.165, 1.54) is 10.4 Å². The van der Waals surface area contributed by atoms with Crippen LogP contribution in [0.1, 0.15) is 41.2 Å². The summed E-state index contributed by atoms with van der Waals surface area (Å²) >= 11 is 1.83. The summed E-state index contributed by atoms with van der Waals surface area (Å²) in [5.74, 6) is 0. The first-order valence-corrected chi connectivity index (χ1v) is 7.78. The average Bonchev–Trinajstić information content (AvgIpc) is 2.88. The van der Waals surface area contributed by atoms with Crippen molar-refractivity contribution in [3.05, 3.63) is 51.5 Å². The highest BCUT2D eigenvalue weighted by Crippen LogP contribution is 2.23. The van der Waals surface area contributed by atoms with E-state index >= 15 is 0 Å². The molecule has 0 amide bonds. The molecule has 0 fully saturated rings. The lowest BCUT2D eigenvalue weighted by molar-refractivity contribution is 0.528. The lowest BCUT2D eigenvalue weighted by Crippen LogP contribution is -2.25. The third-order valence-electron chi connectivity index (χ3n) is 3.27. The van der Waals surface area contributed by atoms with E-state index in [0.29, 0.717) is 6.04 Å². The largest absolute Gasteiger partial charge is 0.310 e. The summed E-state index contributed by atoms with van der Waals surface area (Å²) in [5.41, 5.74) is 3.56. The monoisotopic (exact) mass is 274 g/mol. The van der Waals surface area contributed by atoms with Crippen LogP contribution in [-0.2, 0) is 6.42 Å². The number of hydrogen-bond donors (Lipinski definition) is 1. The fourth-order valence-electron chi connectivity index (χ4n) is 2.31.